The van der Waals surface area contributed by atoms with Crippen LogP contribution in [0.3, 0.4) is 0 Å². The van der Waals surface area contributed by atoms with E-state index in [1.54, 1.807) is 31.9 Å². The molecule has 1 aliphatic heterocycles. The van der Waals surface area contributed by atoms with Gasteiger partial charge in [-0.2, -0.15) is 0 Å². The van der Waals surface area contributed by atoms with Crippen LogP contribution in [0, 0.1) is 11.2 Å². The third-order valence-electron chi connectivity index (χ3n) is 4.80. The monoisotopic (exact) mass is 423 g/mol. The van der Waals surface area contributed by atoms with E-state index in [9.17, 15) is 14.0 Å². The molecular formula is C20H27ClFN5O2. The van der Waals surface area contributed by atoms with Crippen molar-refractivity contribution in [2.24, 2.45) is 12.5 Å². The van der Waals surface area contributed by atoms with E-state index in [0.29, 0.717) is 25.3 Å². The number of halogens is 2. The topological polar surface area (TPSA) is 79.3 Å². The first-order valence-electron chi connectivity index (χ1n) is 9.28. The number of aromatic nitrogens is 2. The summed E-state index contributed by atoms with van der Waals surface area (Å²) in [6.45, 7) is 6.96. The molecule has 1 atom stereocenters. The van der Waals surface area contributed by atoms with Gasteiger partial charge in [0.25, 0.3) is 5.91 Å². The molecule has 2 aromatic rings. The van der Waals surface area contributed by atoms with Crippen LogP contribution in [0.1, 0.15) is 43.0 Å². The molecule has 9 heteroatoms. The molecule has 3 rings (SSSR count). The zero-order valence-corrected chi connectivity index (χ0v) is 17.8. The SMILES string of the molecule is Cl.Cn1ccnc1C1CNCCN1C(=O)c1cc(NC(=O)C(C)(C)C)ccc1F. The van der Waals surface area contributed by atoms with Crippen LogP contribution in [-0.2, 0) is 11.8 Å². The molecule has 1 aromatic carbocycles. The lowest BCUT2D eigenvalue weighted by Gasteiger charge is -2.36. The van der Waals surface area contributed by atoms with Gasteiger partial charge in [0.1, 0.15) is 17.7 Å². The average Bonchev–Trinajstić information content (AvgIpc) is 3.07. The number of carbonyl (C=O) groups is 2. The van der Waals surface area contributed by atoms with Crippen LogP contribution in [0.25, 0.3) is 0 Å². The molecular weight excluding hydrogens is 397 g/mol. The summed E-state index contributed by atoms with van der Waals surface area (Å²) >= 11 is 0. The van der Waals surface area contributed by atoms with E-state index < -0.39 is 17.1 Å². The Morgan fingerprint density at radius 2 is 2.03 bits per heavy atom. The van der Waals surface area contributed by atoms with E-state index in [2.05, 4.69) is 15.6 Å². The third-order valence-corrected chi connectivity index (χ3v) is 4.80. The van der Waals surface area contributed by atoms with Gasteiger partial charge in [-0.3, -0.25) is 9.59 Å². The molecule has 0 saturated carbocycles. The van der Waals surface area contributed by atoms with Crippen molar-refractivity contribution >= 4 is 29.9 Å². The maximum absolute atomic E-state index is 14.5. The second kappa shape index (κ2) is 8.92. The highest BCUT2D eigenvalue weighted by molar-refractivity contribution is 5.98. The highest BCUT2D eigenvalue weighted by Gasteiger charge is 2.32. The molecule has 7 nitrogen and oxygen atoms in total. The summed E-state index contributed by atoms with van der Waals surface area (Å²) in [5.74, 6) is -0.501. The maximum atomic E-state index is 14.5. The molecule has 29 heavy (non-hydrogen) atoms. The van der Waals surface area contributed by atoms with Crippen molar-refractivity contribution in [3.63, 3.8) is 0 Å². The van der Waals surface area contributed by atoms with Crippen molar-refractivity contribution < 1.29 is 14.0 Å². The van der Waals surface area contributed by atoms with Gasteiger partial charge in [0.05, 0.1) is 5.56 Å². The van der Waals surface area contributed by atoms with Crippen molar-refractivity contribution in [3.05, 3.63) is 47.8 Å². The molecule has 2 N–H and O–H groups in total. The molecule has 1 saturated heterocycles. The quantitative estimate of drug-likeness (QED) is 0.795. The predicted molar refractivity (Wildman–Crippen MR) is 112 cm³/mol. The number of nitrogens with zero attached hydrogens (tertiary/aromatic N) is 3. The Balaban J connectivity index is 0.00000300. The van der Waals surface area contributed by atoms with Crippen LogP contribution >= 0.6 is 12.4 Å². The number of hydrogen-bond acceptors (Lipinski definition) is 4. The molecule has 0 bridgehead atoms. The normalized spacial score (nSPS) is 16.9. The van der Waals surface area contributed by atoms with Gasteiger partial charge in [0, 0.05) is 50.2 Å². The fraction of sp³-hybridized carbons (Fsp3) is 0.450. The van der Waals surface area contributed by atoms with E-state index in [1.807, 2.05) is 17.8 Å². The third kappa shape index (κ3) is 4.94. The fourth-order valence-electron chi connectivity index (χ4n) is 3.12. The van der Waals surface area contributed by atoms with Gasteiger partial charge in [-0.15, -0.1) is 12.4 Å². The number of rotatable bonds is 3. The Bertz CT molecular complexity index is 893. The number of nitrogens with one attached hydrogen (secondary N) is 2. The Morgan fingerprint density at radius 1 is 1.31 bits per heavy atom. The molecule has 0 radical (unpaired) electrons. The number of anilines is 1. The van der Waals surface area contributed by atoms with Crippen LogP contribution in [0.5, 0.6) is 0 Å². The first-order valence-corrected chi connectivity index (χ1v) is 9.28. The van der Waals surface area contributed by atoms with Gasteiger partial charge in [-0.25, -0.2) is 9.37 Å². The molecule has 158 valence electrons. The van der Waals surface area contributed by atoms with E-state index in [0.717, 1.165) is 5.82 Å². The van der Waals surface area contributed by atoms with Crippen molar-refractivity contribution in [1.29, 1.82) is 0 Å². The molecule has 2 heterocycles. The second-order valence-electron chi connectivity index (χ2n) is 8.01. The first-order chi connectivity index (χ1) is 13.2. The molecule has 1 aromatic heterocycles. The summed E-state index contributed by atoms with van der Waals surface area (Å²) < 4.78 is 16.4. The molecule has 0 spiro atoms. The maximum Gasteiger partial charge on any atom is 0.257 e. The fourth-order valence-corrected chi connectivity index (χ4v) is 3.12. The Hall–Kier alpha value is -2.45. The smallest absolute Gasteiger partial charge is 0.257 e. The van der Waals surface area contributed by atoms with Crippen molar-refractivity contribution in [2.75, 3.05) is 25.0 Å². The molecule has 1 fully saturated rings. The van der Waals surface area contributed by atoms with E-state index in [-0.39, 0.29) is 29.9 Å². The summed E-state index contributed by atoms with van der Waals surface area (Å²) in [5.41, 5.74) is -0.262. The summed E-state index contributed by atoms with van der Waals surface area (Å²) in [6, 6.07) is 3.78. The molecule has 1 aliphatic rings. The zero-order valence-electron chi connectivity index (χ0n) is 17.0. The number of carbonyl (C=O) groups excluding carboxylic acids is 2. The average molecular weight is 424 g/mol. The minimum absolute atomic E-state index is 0. The van der Waals surface area contributed by atoms with Crippen molar-refractivity contribution in [1.82, 2.24) is 19.8 Å². The zero-order chi connectivity index (χ0) is 20.5. The summed E-state index contributed by atoms with van der Waals surface area (Å²) in [6.07, 6.45) is 3.49. The Labute approximate surface area is 176 Å². The molecule has 0 aliphatic carbocycles. The number of imidazole rings is 1. The summed E-state index contributed by atoms with van der Waals surface area (Å²) in [4.78, 5) is 31.4. The van der Waals surface area contributed by atoms with Gasteiger partial charge in [0.2, 0.25) is 5.91 Å². The van der Waals surface area contributed by atoms with E-state index in [1.165, 1.54) is 18.2 Å². The number of benzene rings is 1. The van der Waals surface area contributed by atoms with Gasteiger partial charge >= 0.3 is 0 Å². The van der Waals surface area contributed by atoms with Crippen LogP contribution < -0.4 is 10.6 Å². The van der Waals surface area contributed by atoms with Crippen LogP contribution in [0.15, 0.2) is 30.6 Å². The summed E-state index contributed by atoms with van der Waals surface area (Å²) in [7, 11) is 1.86. The van der Waals surface area contributed by atoms with E-state index >= 15 is 0 Å². The van der Waals surface area contributed by atoms with Gasteiger partial charge in [-0.1, -0.05) is 20.8 Å². The van der Waals surface area contributed by atoms with Crippen molar-refractivity contribution in [2.45, 2.75) is 26.8 Å². The lowest BCUT2D eigenvalue weighted by Crippen LogP contribution is -2.49. The number of amides is 2. The molecule has 2 amide bonds. The second-order valence-corrected chi connectivity index (χ2v) is 8.01. The highest BCUT2D eigenvalue weighted by atomic mass is 35.5. The first kappa shape index (κ1) is 22.8. The number of piperazine rings is 1. The standard InChI is InChI=1S/C20H26FN5O2.ClH/c1-20(2,3)19(28)24-13-5-6-15(21)14(11-13)18(27)26-10-7-22-12-16(26)17-23-8-9-25(17)4;/h5-6,8-9,11,16,22H,7,10,12H2,1-4H3,(H,24,28);1H. The van der Waals surface area contributed by atoms with Crippen LogP contribution in [-0.4, -0.2) is 45.9 Å². The van der Waals surface area contributed by atoms with E-state index in [4.69, 9.17) is 0 Å². The Kier molecular flexibility index (Phi) is 7.02. The number of hydrogen-bond donors (Lipinski definition) is 2. The molecule has 1 unspecified atom stereocenters. The number of aryl methyl sites for hydroxylation is 1. The lowest BCUT2D eigenvalue weighted by molar-refractivity contribution is -0.123. The van der Waals surface area contributed by atoms with Crippen LogP contribution in [0.2, 0.25) is 0 Å². The highest BCUT2D eigenvalue weighted by Crippen LogP contribution is 2.26. The van der Waals surface area contributed by atoms with Gasteiger partial charge in [0.15, 0.2) is 0 Å². The lowest BCUT2D eigenvalue weighted by atomic mass is 9.95. The minimum Gasteiger partial charge on any atom is -0.336 e. The van der Waals surface area contributed by atoms with Gasteiger partial charge in [-0.05, 0) is 18.2 Å². The minimum atomic E-state index is -0.615. The predicted octanol–water partition coefficient (Wildman–Crippen LogP) is 2.75. The largest absolute Gasteiger partial charge is 0.336 e. The van der Waals surface area contributed by atoms with Crippen molar-refractivity contribution in [3.8, 4) is 0 Å². The van der Waals surface area contributed by atoms with Crippen LogP contribution in [0.4, 0.5) is 10.1 Å². The van der Waals surface area contributed by atoms with Gasteiger partial charge < -0.3 is 20.1 Å². The Morgan fingerprint density at radius 3 is 2.66 bits per heavy atom. The summed E-state index contributed by atoms with van der Waals surface area (Å²) in [5, 5.41) is 6.01.